The van der Waals surface area contributed by atoms with Gasteiger partial charge >= 0.3 is 0 Å². The largest absolute Gasteiger partial charge is 0.392 e. The number of carbonyl (C=O) groups excluding carboxylic acids is 1. The summed E-state index contributed by atoms with van der Waals surface area (Å²) in [7, 11) is 2.14. The van der Waals surface area contributed by atoms with Crippen molar-refractivity contribution in [3.05, 3.63) is 0 Å². The second-order valence-electron chi connectivity index (χ2n) is 6.73. The number of nitrogens with one attached hydrogen (secondary N) is 1. The lowest BCUT2D eigenvalue weighted by atomic mass is 10.1. The van der Waals surface area contributed by atoms with E-state index in [1.165, 1.54) is 0 Å². The first-order valence-corrected chi connectivity index (χ1v) is 8.71. The molecule has 2 aliphatic heterocycles. The lowest BCUT2D eigenvalue weighted by Gasteiger charge is -2.29. The molecule has 0 aromatic rings. The number of piperidine rings is 1. The van der Waals surface area contributed by atoms with Crippen LogP contribution in [0.15, 0.2) is 0 Å². The quantitative estimate of drug-likeness (QED) is 0.653. The van der Waals surface area contributed by atoms with Gasteiger partial charge in [0, 0.05) is 26.2 Å². The van der Waals surface area contributed by atoms with Crippen LogP contribution in [0.2, 0.25) is 0 Å². The molecule has 0 radical (unpaired) electrons. The molecule has 0 aromatic carbocycles. The number of hydrogen-bond donors (Lipinski definition) is 2. The van der Waals surface area contributed by atoms with E-state index in [4.69, 9.17) is 0 Å². The molecule has 2 heterocycles. The SMILES string of the molecule is CN1CCCN(CC(=O)NCCCN2CCCC(O)C2)CC1. The molecule has 2 aliphatic rings. The summed E-state index contributed by atoms with van der Waals surface area (Å²) in [6.07, 6.45) is 3.95. The molecule has 0 aromatic heterocycles. The topological polar surface area (TPSA) is 59.0 Å². The second kappa shape index (κ2) is 9.45. The Bertz CT molecular complexity index is 340. The van der Waals surface area contributed by atoms with Crippen molar-refractivity contribution in [2.24, 2.45) is 0 Å². The van der Waals surface area contributed by atoms with Gasteiger partial charge in [0.05, 0.1) is 12.6 Å². The fraction of sp³-hybridized carbons (Fsp3) is 0.938. The summed E-state index contributed by atoms with van der Waals surface area (Å²) in [5, 5.41) is 12.7. The van der Waals surface area contributed by atoms with Crippen LogP contribution in [0.3, 0.4) is 0 Å². The van der Waals surface area contributed by atoms with Crippen molar-refractivity contribution in [2.75, 3.05) is 66.0 Å². The molecule has 1 atom stereocenters. The first-order chi connectivity index (χ1) is 10.6. The highest BCUT2D eigenvalue weighted by Gasteiger charge is 2.17. The zero-order valence-corrected chi connectivity index (χ0v) is 14.0. The third-order valence-electron chi connectivity index (χ3n) is 4.63. The summed E-state index contributed by atoms with van der Waals surface area (Å²) in [6, 6.07) is 0. The smallest absolute Gasteiger partial charge is 0.234 e. The first kappa shape index (κ1) is 17.7. The molecule has 128 valence electrons. The Labute approximate surface area is 134 Å². The minimum absolute atomic E-state index is 0.142. The predicted molar refractivity (Wildman–Crippen MR) is 87.9 cm³/mol. The maximum absolute atomic E-state index is 12.0. The molecule has 2 rings (SSSR count). The van der Waals surface area contributed by atoms with E-state index in [2.05, 4.69) is 27.1 Å². The second-order valence-corrected chi connectivity index (χ2v) is 6.73. The monoisotopic (exact) mass is 312 g/mol. The number of aliphatic hydroxyl groups is 1. The minimum Gasteiger partial charge on any atom is -0.392 e. The van der Waals surface area contributed by atoms with Gasteiger partial charge in [-0.15, -0.1) is 0 Å². The molecule has 22 heavy (non-hydrogen) atoms. The van der Waals surface area contributed by atoms with Crippen LogP contribution >= 0.6 is 0 Å². The van der Waals surface area contributed by atoms with Crippen molar-refractivity contribution in [3.8, 4) is 0 Å². The van der Waals surface area contributed by atoms with E-state index in [1.54, 1.807) is 0 Å². The van der Waals surface area contributed by atoms with E-state index in [-0.39, 0.29) is 12.0 Å². The average molecular weight is 312 g/mol. The van der Waals surface area contributed by atoms with E-state index < -0.39 is 0 Å². The van der Waals surface area contributed by atoms with Crippen molar-refractivity contribution in [1.82, 2.24) is 20.0 Å². The van der Waals surface area contributed by atoms with Crippen LogP contribution in [0.1, 0.15) is 25.7 Å². The number of nitrogens with zero attached hydrogens (tertiary/aromatic N) is 3. The molecule has 1 unspecified atom stereocenters. The Hall–Kier alpha value is -0.690. The molecule has 6 nitrogen and oxygen atoms in total. The number of aliphatic hydroxyl groups excluding tert-OH is 1. The number of hydrogen-bond acceptors (Lipinski definition) is 5. The standard InChI is InChI=1S/C16H32N4O2/c1-18-7-4-10-20(12-11-18)14-16(22)17-6-3-9-19-8-2-5-15(21)13-19/h15,21H,2-14H2,1H3,(H,17,22). The highest BCUT2D eigenvalue weighted by molar-refractivity contribution is 5.77. The summed E-state index contributed by atoms with van der Waals surface area (Å²) >= 11 is 0. The fourth-order valence-corrected chi connectivity index (χ4v) is 3.28. The van der Waals surface area contributed by atoms with Crippen LogP contribution in [0.5, 0.6) is 0 Å². The lowest BCUT2D eigenvalue weighted by Crippen LogP contribution is -2.41. The van der Waals surface area contributed by atoms with Crippen LogP contribution < -0.4 is 5.32 Å². The van der Waals surface area contributed by atoms with Gasteiger partial charge in [-0.3, -0.25) is 9.69 Å². The minimum atomic E-state index is -0.162. The Morgan fingerprint density at radius 1 is 1.14 bits per heavy atom. The number of likely N-dealkylation sites (N-methyl/N-ethyl adjacent to an activating group) is 1. The molecule has 0 saturated carbocycles. The van der Waals surface area contributed by atoms with Gasteiger partial charge in [-0.2, -0.15) is 0 Å². The maximum Gasteiger partial charge on any atom is 0.234 e. The molecule has 1 amide bonds. The predicted octanol–water partition coefficient (Wildman–Crippen LogP) is -0.413. The van der Waals surface area contributed by atoms with Gasteiger partial charge in [0.15, 0.2) is 0 Å². The third kappa shape index (κ3) is 6.60. The number of rotatable bonds is 6. The molecular weight excluding hydrogens is 280 g/mol. The highest BCUT2D eigenvalue weighted by Crippen LogP contribution is 2.09. The van der Waals surface area contributed by atoms with E-state index in [9.17, 15) is 9.90 Å². The van der Waals surface area contributed by atoms with Gasteiger partial charge < -0.3 is 20.2 Å². The van der Waals surface area contributed by atoms with Gasteiger partial charge in [0.25, 0.3) is 0 Å². The van der Waals surface area contributed by atoms with Crippen LogP contribution in [0.25, 0.3) is 0 Å². The highest BCUT2D eigenvalue weighted by atomic mass is 16.3. The van der Waals surface area contributed by atoms with Crippen molar-refractivity contribution in [1.29, 1.82) is 0 Å². The third-order valence-corrected chi connectivity index (χ3v) is 4.63. The molecule has 2 saturated heterocycles. The van der Waals surface area contributed by atoms with Crippen LogP contribution in [-0.4, -0.2) is 97.8 Å². The van der Waals surface area contributed by atoms with E-state index in [0.717, 1.165) is 78.0 Å². The summed E-state index contributed by atoms with van der Waals surface area (Å²) in [5.74, 6) is 0.142. The number of likely N-dealkylation sites (tertiary alicyclic amines) is 1. The Morgan fingerprint density at radius 2 is 1.95 bits per heavy atom. The van der Waals surface area contributed by atoms with Gasteiger partial charge in [-0.05, 0) is 58.9 Å². The molecule has 6 heteroatoms. The fourth-order valence-electron chi connectivity index (χ4n) is 3.28. The van der Waals surface area contributed by atoms with Crippen molar-refractivity contribution in [3.63, 3.8) is 0 Å². The average Bonchev–Trinajstić information content (AvgIpc) is 2.69. The number of amides is 1. The van der Waals surface area contributed by atoms with Crippen molar-refractivity contribution < 1.29 is 9.90 Å². The van der Waals surface area contributed by atoms with E-state index in [1.807, 2.05) is 0 Å². The molecule has 0 bridgehead atoms. The van der Waals surface area contributed by atoms with Crippen LogP contribution in [-0.2, 0) is 4.79 Å². The Balaban J connectivity index is 1.53. The van der Waals surface area contributed by atoms with Gasteiger partial charge in [-0.1, -0.05) is 0 Å². The zero-order valence-electron chi connectivity index (χ0n) is 14.0. The van der Waals surface area contributed by atoms with Crippen molar-refractivity contribution in [2.45, 2.75) is 31.8 Å². The summed E-state index contributed by atoms with van der Waals surface area (Å²) in [6.45, 7) is 8.26. The summed E-state index contributed by atoms with van der Waals surface area (Å²) in [5.41, 5.74) is 0. The normalized spacial score (nSPS) is 25.8. The molecular formula is C16H32N4O2. The summed E-state index contributed by atoms with van der Waals surface area (Å²) < 4.78 is 0. The zero-order chi connectivity index (χ0) is 15.8. The van der Waals surface area contributed by atoms with Gasteiger partial charge in [-0.25, -0.2) is 0 Å². The van der Waals surface area contributed by atoms with E-state index >= 15 is 0 Å². The summed E-state index contributed by atoms with van der Waals surface area (Å²) in [4.78, 5) is 18.9. The lowest BCUT2D eigenvalue weighted by molar-refractivity contribution is -0.122. The molecule has 0 aliphatic carbocycles. The Kier molecular flexibility index (Phi) is 7.59. The first-order valence-electron chi connectivity index (χ1n) is 8.71. The van der Waals surface area contributed by atoms with Gasteiger partial charge in [0.1, 0.15) is 0 Å². The molecule has 0 spiro atoms. The van der Waals surface area contributed by atoms with Crippen LogP contribution in [0.4, 0.5) is 0 Å². The van der Waals surface area contributed by atoms with Crippen LogP contribution in [0, 0.1) is 0 Å². The van der Waals surface area contributed by atoms with E-state index in [0.29, 0.717) is 6.54 Å². The maximum atomic E-state index is 12.0. The molecule has 2 fully saturated rings. The number of carbonyl (C=O) groups is 1. The molecule has 2 N–H and O–H groups in total. The Morgan fingerprint density at radius 3 is 2.77 bits per heavy atom. The van der Waals surface area contributed by atoms with Gasteiger partial charge in [0.2, 0.25) is 5.91 Å². The van der Waals surface area contributed by atoms with Crippen molar-refractivity contribution >= 4 is 5.91 Å². The number of β-amino-alcohol motifs (C(OH)–C–C–N with tert-alkyl or cyclic N) is 1.